The number of aliphatic hydroxyl groups excluding tert-OH is 1. The number of benzene rings is 3. The van der Waals surface area contributed by atoms with E-state index in [1.54, 1.807) is 30.2 Å². The number of carboxylic acids is 1. The first-order valence-corrected chi connectivity index (χ1v) is 15.5. The van der Waals surface area contributed by atoms with Gasteiger partial charge in [-0.1, -0.05) is 79.3 Å². The average Bonchev–Trinajstić information content (AvgIpc) is 3.06. The molecule has 0 bridgehead atoms. The maximum absolute atomic E-state index is 12.0. The van der Waals surface area contributed by atoms with Crippen LogP contribution in [0.1, 0.15) is 54.4 Å². The number of thioether (sulfide) groups is 1. The molecule has 4 aromatic rings. The molecule has 4 atom stereocenters. The Morgan fingerprint density at radius 1 is 0.864 bits per heavy atom. The van der Waals surface area contributed by atoms with E-state index < -0.39 is 12.3 Å². The highest BCUT2D eigenvalue weighted by atomic mass is 32.2. The van der Waals surface area contributed by atoms with Crippen molar-refractivity contribution in [3.8, 4) is 11.1 Å². The van der Waals surface area contributed by atoms with E-state index in [1.165, 1.54) is 0 Å². The number of aliphatic carboxylic acids is 1. The molecular formula is C34H35N3O6S. The molecule has 3 N–H and O–H groups in total. The van der Waals surface area contributed by atoms with Gasteiger partial charge in [-0.15, -0.1) is 0 Å². The Balaban J connectivity index is 1.35. The second-order valence-electron chi connectivity index (χ2n) is 10.7. The summed E-state index contributed by atoms with van der Waals surface area (Å²) in [5, 5.41) is 21.8. The third-order valence-electron chi connectivity index (χ3n) is 7.52. The van der Waals surface area contributed by atoms with Crippen LogP contribution < -0.4 is 5.32 Å². The van der Waals surface area contributed by atoms with E-state index in [1.807, 2.05) is 66.7 Å². The quantitative estimate of drug-likeness (QED) is 0.136. The molecule has 2 heterocycles. The predicted molar refractivity (Wildman–Crippen MR) is 166 cm³/mol. The van der Waals surface area contributed by atoms with E-state index >= 15 is 0 Å². The van der Waals surface area contributed by atoms with Gasteiger partial charge in [-0.25, -0.2) is 9.97 Å². The van der Waals surface area contributed by atoms with Gasteiger partial charge in [0, 0.05) is 42.6 Å². The molecule has 1 amide bonds. The van der Waals surface area contributed by atoms with Crippen LogP contribution in [0.15, 0.2) is 96.4 Å². The van der Waals surface area contributed by atoms with Gasteiger partial charge in [0.15, 0.2) is 11.4 Å². The number of hydrogen-bond donors (Lipinski definition) is 3. The number of carboxylic acid groups (broad SMARTS) is 1. The molecule has 3 aromatic carbocycles. The van der Waals surface area contributed by atoms with E-state index in [9.17, 15) is 14.7 Å². The zero-order valence-corrected chi connectivity index (χ0v) is 25.2. The fourth-order valence-electron chi connectivity index (χ4n) is 5.06. The zero-order valence-electron chi connectivity index (χ0n) is 24.3. The van der Waals surface area contributed by atoms with Crippen molar-refractivity contribution in [2.24, 2.45) is 5.92 Å². The van der Waals surface area contributed by atoms with Crippen LogP contribution in [-0.2, 0) is 32.2 Å². The van der Waals surface area contributed by atoms with E-state index in [4.69, 9.17) is 14.6 Å². The van der Waals surface area contributed by atoms with E-state index in [-0.39, 0.29) is 43.5 Å². The molecule has 1 aromatic heterocycles. The summed E-state index contributed by atoms with van der Waals surface area (Å²) in [7, 11) is 0. The third-order valence-corrected chi connectivity index (χ3v) is 8.48. The van der Waals surface area contributed by atoms with Crippen LogP contribution >= 0.6 is 11.8 Å². The third kappa shape index (κ3) is 8.29. The van der Waals surface area contributed by atoms with Crippen LogP contribution in [0, 0.1) is 5.92 Å². The fraction of sp³-hybridized carbons (Fsp3) is 0.294. The monoisotopic (exact) mass is 613 g/mol. The van der Waals surface area contributed by atoms with Gasteiger partial charge in [-0.05, 0) is 46.0 Å². The minimum atomic E-state index is -0.997. The van der Waals surface area contributed by atoms with Crippen molar-refractivity contribution in [2.75, 3.05) is 5.75 Å². The van der Waals surface area contributed by atoms with Crippen LogP contribution in [0.4, 0.5) is 0 Å². The molecule has 1 aliphatic rings. The van der Waals surface area contributed by atoms with E-state index in [0.29, 0.717) is 17.5 Å². The molecule has 9 nitrogen and oxygen atoms in total. The van der Waals surface area contributed by atoms with Gasteiger partial charge in [-0.2, -0.15) is 0 Å². The minimum Gasteiger partial charge on any atom is -0.481 e. The summed E-state index contributed by atoms with van der Waals surface area (Å²) >= 11 is 1.55. The van der Waals surface area contributed by atoms with E-state index in [2.05, 4.69) is 28.3 Å². The first-order chi connectivity index (χ1) is 21.4. The summed E-state index contributed by atoms with van der Waals surface area (Å²) in [6.07, 6.45) is 2.20. The lowest BCUT2D eigenvalue weighted by molar-refractivity contribution is -0.268. The molecule has 5 rings (SSSR count). The van der Waals surface area contributed by atoms with Gasteiger partial charge >= 0.3 is 5.97 Å². The molecular weight excluding hydrogens is 578 g/mol. The molecule has 44 heavy (non-hydrogen) atoms. The second-order valence-corrected chi connectivity index (χ2v) is 11.6. The van der Waals surface area contributed by atoms with Crippen molar-refractivity contribution in [1.29, 1.82) is 0 Å². The van der Waals surface area contributed by atoms with E-state index in [0.717, 1.165) is 33.4 Å². The van der Waals surface area contributed by atoms with Gasteiger partial charge in [0.2, 0.25) is 5.91 Å². The van der Waals surface area contributed by atoms with Gasteiger partial charge in [0.1, 0.15) is 0 Å². The summed E-state index contributed by atoms with van der Waals surface area (Å²) < 4.78 is 13.2. The average molecular weight is 614 g/mol. The normalized spacial score (nSPS) is 19.8. The highest BCUT2D eigenvalue weighted by Crippen LogP contribution is 2.43. The standard InChI is InChI=1S/C34H35N3O6S/c1-22-29(21-44-34-35-15-4-16-36-34)42-33(43-32(22)25-11-9-23(20-38)10-12-25)28-8-3-7-27(18-28)26-6-2-5-24(17-26)19-37-30(39)13-14-31(40)41/h2-12,15-18,22,29,32-33,38H,13-14,19-21H2,1H3,(H,37,39)(H,40,41). The molecule has 1 fully saturated rings. The fourth-order valence-corrected chi connectivity index (χ4v) is 6.03. The molecule has 1 saturated heterocycles. The minimum absolute atomic E-state index is 0.0193. The predicted octanol–water partition coefficient (Wildman–Crippen LogP) is 5.70. The largest absolute Gasteiger partial charge is 0.481 e. The smallest absolute Gasteiger partial charge is 0.303 e. The first kappa shape index (κ1) is 31.3. The number of carbonyl (C=O) groups excluding carboxylic acids is 1. The van der Waals surface area contributed by atoms with Crippen LogP contribution in [0.2, 0.25) is 0 Å². The van der Waals surface area contributed by atoms with Crippen molar-refractivity contribution in [3.05, 3.63) is 114 Å². The Labute approximate surface area is 260 Å². The Kier molecular flexibility index (Phi) is 10.7. The maximum Gasteiger partial charge on any atom is 0.303 e. The molecule has 0 spiro atoms. The maximum atomic E-state index is 12.0. The van der Waals surface area contributed by atoms with Crippen molar-refractivity contribution in [2.45, 2.75) is 56.6 Å². The van der Waals surface area contributed by atoms with Crippen LogP contribution in [-0.4, -0.2) is 43.9 Å². The zero-order chi connectivity index (χ0) is 30.9. The number of nitrogens with one attached hydrogen (secondary N) is 1. The van der Waals surface area contributed by atoms with Gasteiger partial charge in [0.05, 0.1) is 25.2 Å². The summed E-state index contributed by atoms with van der Waals surface area (Å²) in [5.41, 5.74) is 5.58. The van der Waals surface area contributed by atoms with Gasteiger partial charge in [0.25, 0.3) is 0 Å². The Hall–Kier alpha value is -4.09. The lowest BCUT2D eigenvalue weighted by atomic mass is 9.91. The highest BCUT2D eigenvalue weighted by Gasteiger charge is 2.38. The number of carbonyl (C=O) groups is 2. The Morgan fingerprint density at radius 2 is 1.59 bits per heavy atom. The van der Waals surface area contributed by atoms with Crippen molar-refractivity contribution in [3.63, 3.8) is 0 Å². The lowest BCUT2D eigenvalue weighted by Gasteiger charge is -2.41. The van der Waals surface area contributed by atoms with Crippen LogP contribution in [0.5, 0.6) is 0 Å². The highest BCUT2D eigenvalue weighted by molar-refractivity contribution is 7.99. The molecule has 0 saturated carbocycles. The summed E-state index contributed by atoms with van der Waals surface area (Å²) in [5.74, 6) is -0.611. The van der Waals surface area contributed by atoms with Crippen molar-refractivity contribution >= 4 is 23.6 Å². The number of rotatable bonds is 12. The molecule has 228 valence electrons. The molecule has 1 aliphatic heterocycles. The molecule has 0 radical (unpaired) electrons. The summed E-state index contributed by atoms with van der Waals surface area (Å²) in [6, 6.07) is 25.5. The number of amides is 1. The first-order valence-electron chi connectivity index (χ1n) is 14.5. The number of aliphatic hydroxyl groups is 1. The van der Waals surface area contributed by atoms with Gasteiger partial charge < -0.3 is 25.0 Å². The topological polar surface area (TPSA) is 131 Å². The Morgan fingerprint density at radius 3 is 2.32 bits per heavy atom. The number of nitrogens with zero attached hydrogens (tertiary/aromatic N) is 2. The Bertz CT molecular complexity index is 1550. The van der Waals surface area contributed by atoms with Crippen molar-refractivity contribution in [1.82, 2.24) is 15.3 Å². The summed E-state index contributed by atoms with van der Waals surface area (Å²) in [4.78, 5) is 31.5. The SMILES string of the molecule is CC1C(CSc2ncccn2)OC(c2cccc(-c3cccc(CNC(=O)CCC(=O)O)c3)c2)OC1c1ccc(CO)cc1. The summed E-state index contributed by atoms with van der Waals surface area (Å²) in [6.45, 7) is 2.41. The van der Waals surface area contributed by atoms with Crippen LogP contribution in [0.25, 0.3) is 11.1 Å². The molecule has 0 aliphatic carbocycles. The number of aromatic nitrogens is 2. The number of hydrogen-bond acceptors (Lipinski definition) is 8. The second kappa shape index (κ2) is 15.1. The van der Waals surface area contributed by atoms with Crippen molar-refractivity contribution < 1.29 is 29.3 Å². The van der Waals surface area contributed by atoms with Crippen LogP contribution in [0.3, 0.4) is 0 Å². The number of ether oxygens (including phenoxy) is 2. The van der Waals surface area contributed by atoms with Gasteiger partial charge in [-0.3, -0.25) is 9.59 Å². The molecule has 10 heteroatoms. The molecule has 4 unspecified atom stereocenters. The lowest BCUT2D eigenvalue weighted by Crippen LogP contribution is -2.38.